The molecule has 0 bridgehead atoms. The number of nitrogen functional groups attached to an aromatic ring is 1. The van der Waals surface area contributed by atoms with E-state index in [4.69, 9.17) is 5.84 Å². The number of carbonyl (C=O) groups is 2. The molecule has 1 aliphatic rings. The van der Waals surface area contributed by atoms with Crippen LogP contribution in [0.4, 0.5) is 14.9 Å². The summed E-state index contributed by atoms with van der Waals surface area (Å²) in [6.07, 6.45) is 1.73. The highest BCUT2D eigenvalue weighted by Gasteiger charge is 2.30. The normalized spacial score (nSPS) is 15.3. The number of nitrogens with zero attached hydrogens (tertiary/aromatic N) is 4. The fraction of sp³-hybridized carbons (Fsp3) is 0.318. The van der Waals surface area contributed by atoms with Gasteiger partial charge in [-0.2, -0.15) is 5.10 Å². The van der Waals surface area contributed by atoms with E-state index in [0.717, 1.165) is 17.0 Å². The Morgan fingerprint density at radius 1 is 1.18 bits per heavy atom. The Balaban J connectivity index is 1.71. The molecule has 3 amide bonds. The van der Waals surface area contributed by atoms with Gasteiger partial charge in [0.2, 0.25) is 0 Å². The molecule has 3 N–H and O–H groups in total. The van der Waals surface area contributed by atoms with E-state index in [-0.39, 0.29) is 42.3 Å². The lowest BCUT2D eigenvalue weighted by Gasteiger charge is -2.33. The van der Waals surface area contributed by atoms with E-state index < -0.39 is 27.6 Å². The summed E-state index contributed by atoms with van der Waals surface area (Å²) in [6, 6.07) is 8.86. The predicted molar refractivity (Wildman–Crippen MR) is 125 cm³/mol. The fourth-order valence-corrected chi connectivity index (χ4v) is 5.09. The quantitative estimate of drug-likeness (QED) is 0.319. The molecule has 3 aromatic rings. The van der Waals surface area contributed by atoms with Gasteiger partial charge in [0.25, 0.3) is 5.91 Å². The maximum Gasteiger partial charge on any atom is 0.324 e. The van der Waals surface area contributed by atoms with Crippen LogP contribution in [0.3, 0.4) is 0 Å². The van der Waals surface area contributed by atoms with Gasteiger partial charge in [0, 0.05) is 41.8 Å². The summed E-state index contributed by atoms with van der Waals surface area (Å²) < 4.78 is 40.4. The Bertz CT molecular complexity index is 1340. The SMILES string of the molecule is CCn1ncc2ccc(N(Cc3ccc(C(=O)NN)cc3F)C(=O)N3CCS(=O)(=O)CC3)cc21. The number of hydrazine groups is 1. The topological polar surface area (TPSA) is 131 Å². The maximum atomic E-state index is 14.9. The maximum absolute atomic E-state index is 14.9. The number of anilines is 1. The van der Waals surface area contributed by atoms with E-state index in [9.17, 15) is 22.4 Å². The number of amides is 3. The molecule has 34 heavy (non-hydrogen) atoms. The molecular formula is C22H25FN6O4S. The van der Waals surface area contributed by atoms with E-state index in [1.165, 1.54) is 21.9 Å². The number of benzene rings is 2. The number of fused-ring (bicyclic) bond motifs is 1. The first-order valence-corrected chi connectivity index (χ1v) is 12.6. The standard InChI is InChI=1S/C22H25FN6O4S/c1-2-29-20-12-18(6-5-16(20)13-25-29)28(22(31)27-7-9-34(32,33)10-8-27)14-17-4-3-15(11-19(17)23)21(30)26-24/h3-6,11-13H,2,7-10,14,24H2,1H3,(H,26,30). The molecule has 0 aliphatic carbocycles. The van der Waals surface area contributed by atoms with Crippen LogP contribution in [0.1, 0.15) is 22.8 Å². The van der Waals surface area contributed by atoms with E-state index in [2.05, 4.69) is 5.10 Å². The largest absolute Gasteiger partial charge is 0.324 e. The summed E-state index contributed by atoms with van der Waals surface area (Å²) >= 11 is 0. The van der Waals surface area contributed by atoms with Crippen molar-refractivity contribution in [2.45, 2.75) is 20.0 Å². The van der Waals surface area contributed by atoms with Crippen LogP contribution < -0.4 is 16.2 Å². The number of carbonyl (C=O) groups excluding carboxylic acids is 2. The second-order valence-corrected chi connectivity index (χ2v) is 10.3. The zero-order valence-electron chi connectivity index (χ0n) is 18.6. The molecule has 1 aliphatic heterocycles. The van der Waals surface area contributed by atoms with Crippen LogP contribution in [0.2, 0.25) is 0 Å². The lowest BCUT2D eigenvalue weighted by atomic mass is 10.1. The van der Waals surface area contributed by atoms with Crippen LogP contribution in [0.5, 0.6) is 0 Å². The summed E-state index contributed by atoms with van der Waals surface area (Å²) in [7, 11) is -3.18. The minimum atomic E-state index is -3.18. The highest BCUT2D eigenvalue weighted by atomic mass is 32.2. The Morgan fingerprint density at radius 2 is 1.91 bits per heavy atom. The number of aromatic nitrogens is 2. The number of nitrogens with one attached hydrogen (secondary N) is 1. The highest BCUT2D eigenvalue weighted by Crippen LogP contribution is 2.26. The molecule has 0 unspecified atom stereocenters. The zero-order valence-corrected chi connectivity index (χ0v) is 19.4. The molecule has 1 fully saturated rings. The van der Waals surface area contributed by atoms with E-state index in [1.807, 2.05) is 18.4 Å². The van der Waals surface area contributed by atoms with Gasteiger partial charge in [-0.1, -0.05) is 6.07 Å². The van der Waals surface area contributed by atoms with Crippen molar-refractivity contribution in [2.24, 2.45) is 5.84 Å². The van der Waals surface area contributed by atoms with Crippen molar-refractivity contribution in [3.63, 3.8) is 0 Å². The van der Waals surface area contributed by atoms with Crippen molar-refractivity contribution in [3.05, 3.63) is 59.5 Å². The smallest absolute Gasteiger partial charge is 0.322 e. The molecule has 1 aromatic heterocycles. The molecule has 1 saturated heterocycles. The summed E-state index contributed by atoms with van der Waals surface area (Å²) in [5.41, 5.74) is 3.53. The molecule has 4 rings (SSSR count). The van der Waals surface area contributed by atoms with Crippen molar-refractivity contribution < 1.29 is 22.4 Å². The molecule has 0 spiro atoms. The lowest BCUT2D eigenvalue weighted by molar-refractivity contribution is 0.0953. The summed E-state index contributed by atoms with van der Waals surface area (Å²) in [5, 5.41) is 5.22. The van der Waals surface area contributed by atoms with Gasteiger partial charge in [-0.3, -0.25) is 19.8 Å². The number of sulfone groups is 1. The van der Waals surface area contributed by atoms with Crippen LogP contribution in [0.25, 0.3) is 10.9 Å². The summed E-state index contributed by atoms with van der Waals surface area (Å²) in [4.78, 5) is 28.1. The zero-order chi connectivity index (χ0) is 24.5. The molecule has 0 saturated carbocycles. The number of hydrogen-bond acceptors (Lipinski definition) is 6. The Hall–Kier alpha value is -3.51. The number of aryl methyl sites for hydroxylation is 1. The minimum absolute atomic E-state index is 0.0520. The average Bonchev–Trinajstić information content (AvgIpc) is 3.24. The highest BCUT2D eigenvalue weighted by molar-refractivity contribution is 7.91. The average molecular weight is 489 g/mol. The molecule has 10 nitrogen and oxygen atoms in total. The monoisotopic (exact) mass is 488 g/mol. The van der Waals surface area contributed by atoms with Crippen LogP contribution in [-0.4, -0.2) is 59.6 Å². The van der Waals surface area contributed by atoms with Gasteiger partial charge in [0.15, 0.2) is 9.84 Å². The molecule has 0 radical (unpaired) electrons. The molecule has 2 heterocycles. The fourth-order valence-electron chi connectivity index (χ4n) is 3.89. The van der Waals surface area contributed by atoms with E-state index in [1.54, 1.807) is 23.0 Å². The molecule has 0 atom stereocenters. The van der Waals surface area contributed by atoms with Crippen molar-refractivity contribution in [3.8, 4) is 0 Å². The molecule has 2 aromatic carbocycles. The van der Waals surface area contributed by atoms with Gasteiger partial charge < -0.3 is 4.90 Å². The molecule has 180 valence electrons. The second kappa shape index (κ2) is 9.39. The first-order chi connectivity index (χ1) is 16.2. The minimum Gasteiger partial charge on any atom is -0.322 e. The molecule has 12 heteroatoms. The van der Waals surface area contributed by atoms with Gasteiger partial charge >= 0.3 is 6.03 Å². The molecular weight excluding hydrogens is 463 g/mol. The summed E-state index contributed by atoms with van der Waals surface area (Å²) in [6.45, 7) is 2.58. The number of urea groups is 1. The van der Waals surface area contributed by atoms with Gasteiger partial charge in [-0.05, 0) is 37.3 Å². The Kier molecular flexibility index (Phi) is 6.53. The van der Waals surface area contributed by atoms with Crippen LogP contribution >= 0.6 is 0 Å². The Morgan fingerprint density at radius 3 is 2.56 bits per heavy atom. The third-order valence-corrected chi connectivity index (χ3v) is 7.47. The van der Waals surface area contributed by atoms with Crippen molar-refractivity contribution in [2.75, 3.05) is 29.5 Å². The lowest BCUT2D eigenvalue weighted by Crippen LogP contribution is -2.49. The second-order valence-electron chi connectivity index (χ2n) is 7.99. The predicted octanol–water partition coefficient (Wildman–Crippen LogP) is 1.66. The third-order valence-electron chi connectivity index (χ3n) is 5.86. The first kappa shape index (κ1) is 23.6. The van der Waals surface area contributed by atoms with Crippen LogP contribution in [0, 0.1) is 5.82 Å². The van der Waals surface area contributed by atoms with Crippen molar-refractivity contribution in [1.29, 1.82) is 0 Å². The van der Waals surface area contributed by atoms with Gasteiger partial charge in [-0.25, -0.2) is 23.4 Å². The van der Waals surface area contributed by atoms with E-state index >= 15 is 0 Å². The number of nitrogens with two attached hydrogens (primary N) is 1. The summed E-state index contributed by atoms with van der Waals surface area (Å²) in [5.74, 6) is 3.58. The third kappa shape index (κ3) is 4.73. The number of halogens is 1. The van der Waals surface area contributed by atoms with Gasteiger partial charge in [0.1, 0.15) is 5.82 Å². The van der Waals surface area contributed by atoms with Gasteiger partial charge in [0.05, 0.1) is 29.8 Å². The van der Waals surface area contributed by atoms with Crippen LogP contribution in [0.15, 0.2) is 42.6 Å². The van der Waals surface area contributed by atoms with Gasteiger partial charge in [-0.15, -0.1) is 0 Å². The van der Waals surface area contributed by atoms with Crippen LogP contribution in [-0.2, 0) is 22.9 Å². The van der Waals surface area contributed by atoms with E-state index in [0.29, 0.717) is 12.2 Å². The first-order valence-electron chi connectivity index (χ1n) is 10.7. The number of hydrogen-bond donors (Lipinski definition) is 2. The van der Waals surface area contributed by atoms with Crippen molar-refractivity contribution in [1.82, 2.24) is 20.1 Å². The van der Waals surface area contributed by atoms with Crippen molar-refractivity contribution >= 4 is 38.4 Å². The number of rotatable bonds is 5. The Labute approximate surface area is 196 Å².